The van der Waals surface area contributed by atoms with E-state index in [1.165, 1.54) is 4.90 Å². The summed E-state index contributed by atoms with van der Waals surface area (Å²) in [7, 11) is 0. The molecule has 0 saturated carbocycles. The lowest BCUT2D eigenvalue weighted by molar-refractivity contribution is -0.141. The Morgan fingerprint density at radius 2 is 2.05 bits per heavy atom. The molecule has 1 saturated heterocycles. The maximum atomic E-state index is 12.6. The van der Waals surface area contributed by atoms with Crippen LogP contribution in [0.15, 0.2) is 36.5 Å². The molecule has 1 fully saturated rings. The highest BCUT2D eigenvalue weighted by atomic mass is 16.4. The topological polar surface area (TPSA) is 70.5 Å². The van der Waals surface area contributed by atoms with Gasteiger partial charge in [0.1, 0.15) is 6.04 Å². The fourth-order valence-corrected chi connectivity index (χ4v) is 2.70. The number of para-hydroxylation sites is 1. The molecular weight excluding hydrogens is 256 g/mol. The summed E-state index contributed by atoms with van der Waals surface area (Å²) < 4.78 is 0. The fourth-order valence-electron chi connectivity index (χ4n) is 2.70. The van der Waals surface area contributed by atoms with Gasteiger partial charge in [-0.2, -0.15) is 0 Å². The van der Waals surface area contributed by atoms with Gasteiger partial charge in [-0.25, -0.2) is 4.79 Å². The number of fused-ring (bicyclic) bond motifs is 1. The molecule has 5 heteroatoms. The van der Waals surface area contributed by atoms with Gasteiger partial charge in [0.2, 0.25) is 0 Å². The number of hydrogen-bond donors (Lipinski definition) is 1. The summed E-state index contributed by atoms with van der Waals surface area (Å²) >= 11 is 0. The normalized spacial score (nSPS) is 18.4. The largest absolute Gasteiger partial charge is 0.480 e. The number of amides is 1. The van der Waals surface area contributed by atoms with E-state index < -0.39 is 12.0 Å². The van der Waals surface area contributed by atoms with E-state index in [4.69, 9.17) is 0 Å². The molecule has 0 radical (unpaired) electrons. The summed E-state index contributed by atoms with van der Waals surface area (Å²) in [4.78, 5) is 29.5. The summed E-state index contributed by atoms with van der Waals surface area (Å²) in [5.41, 5.74) is 1.26. The molecule has 102 valence electrons. The van der Waals surface area contributed by atoms with Gasteiger partial charge >= 0.3 is 5.97 Å². The van der Waals surface area contributed by atoms with Gasteiger partial charge in [0.15, 0.2) is 0 Å². The van der Waals surface area contributed by atoms with Gasteiger partial charge < -0.3 is 10.0 Å². The first-order chi connectivity index (χ1) is 9.68. The van der Waals surface area contributed by atoms with Crippen LogP contribution in [0.4, 0.5) is 0 Å². The molecule has 2 heterocycles. The first-order valence-corrected chi connectivity index (χ1v) is 6.56. The number of carboxylic acids is 1. The molecule has 0 unspecified atom stereocenters. The number of aromatic nitrogens is 1. The quantitative estimate of drug-likeness (QED) is 0.905. The average molecular weight is 270 g/mol. The number of carbonyl (C=O) groups is 2. The number of carboxylic acid groups (broad SMARTS) is 1. The van der Waals surface area contributed by atoms with Crippen molar-refractivity contribution in [3.05, 3.63) is 42.1 Å². The van der Waals surface area contributed by atoms with E-state index in [1.807, 2.05) is 24.3 Å². The van der Waals surface area contributed by atoms with E-state index in [0.29, 0.717) is 18.5 Å². The predicted octanol–water partition coefficient (Wildman–Crippen LogP) is 1.92. The number of carbonyl (C=O) groups excluding carboxylic acids is 1. The van der Waals surface area contributed by atoms with Crippen molar-refractivity contribution in [1.82, 2.24) is 9.88 Å². The molecule has 5 nitrogen and oxygen atoms in total. The zero-order chi connectivity index (χ0) is 14.1. The molecule has 1 aliphatic heterocycles. The van der Waals surface area contributed by atoms with Gasteiger partial charge in [-0.05, 0) is 25.0 Å². The van der Waals surface area contributed by atoms with Crippen LogP contribution in [0.2, 0.25) is 0 Å². The maximum Gasteiger partial charge on any atom is 0.326 e. The lowest BCUT2D eigenvalue weighted by Gasteiger charge is -2.22. The van der Waals surface area contributed by atoms with Crippen molar-refractivity contribution in [3.8, 4) is 0 Å². The number of rotatable bonds is 2. The molecule has 3 rings (SSSR count). The zero-order valence-electron chi connectivity index (χ0n) is 10.8. The summed E-state index contributed by atoms with van der Waals surface area (Å²) in [5.74, 6) is -1.16. The van der Waals surface area contributed by atoms with Crippen LogP contribution in [0.25, 0.3) is 10.9 Å². The Labute approximate surface area is 115 Å². The average Bonchev–Trinajstić information content (AvgIpc) is 2.95. The second-order valence-corrected chi connectivity index (χ2v) is 4.87. The molecule has 1 aliphatic rings. The van der Waals surface area contributed by atoms with Gasteiger partial charge in [-0.3, -0.25) is 9.78 Å². The Hall–Kier alpha value is -2.43. The SMILES string of the molecule is O=C(O)[C@H]1CCCN1C(=O)c1ccnc2ccccc12. The molecule has 2 aromatic rings. The number of nitrogens with zero attached hydrogens (tertiary/aromatic N) is 2. The lowest BCUT2D eigenvalue weighted by atomic mass is 10.1. The summed E-state index contributed by atoms with van der Waals surface area (Å²) in [5, 5.41) is 9.95. The van der Waals surface area contributed by atoms with Crippen molar-refractivity contribution in [2.24, 2.45) is 0 Å². The van der Waals surface area contributed by atoms with E-state index in [0.717, 1.165) is 17.3 Å². The van der Waals surface area contributed by atoms with E-state index in [9.17, 15) is 14.7 Å². The number of likely N-dealkylation sites (tertiary alicyclic amines) is 1. The molecule has 1 aromatic heterocycles. The van der Waals surface area contributed by atoms with Crippen molar-refractivity contribution in [2.45, 2.75) is 18.9 Å². The smallest absolute Gasteiger partial charge is 0.326 e. The van der Waals surface area contributed by atoms with Crippen LogP contribution in [0.5, 0.6) is 0 Å². The lowest BCUT2D eigenvalue weighted by Crippen LogP contribution is -2.40. The Morgan fingerprint density at radius 1 is 1.25 bits per heavy atom. The van der Waals surface area contributed by atoms with Gasteiger partial charge in [0.25, 0.3) is 5.91 Å². The second-order valence-electron chi connectivity index (χ2n) is 4.87. The van der Waals surface area contributed by atoms with Crippen LogP contribution >= 0.6 is 0 Å². The maximum absolute atomic E-state index is 12.6. The highest BCUT2D eigenvalue weighted by Crippen LogP contribution is 2.23. The Balaban J connectivity index is 2.03. The predicted molar refractivity (Wildman–Crippen MR) is 73.4 cm³/mol. The zero-order valence-corrected chi connectivity index (χ0v) is 10.8. The van der Waals surface area contributed by atoms with Crippen LogP contribution in [0, 0.1) is 0 Å². The van der Waals surface area contributed by atoms with Crippen molar-refractivity contribution in [2.75, 3.05) is 6.54 Å². The van der Waals surface area contributed by atoms with E-state index in [1.54, 1.807) is 12.3 Å². The number of pyridine rings is 1. The summed E-state index contributed by atoms with van der Waals surface area (Å²) in [6.07, 6.45) is 2.83. The first-order valence-electron chi connectivity index (χ1n) is 6.56. The Morgan fingerprint density at radius 3 is 2.85 bits per heavy atom. The number of aliphatic carboxylic acids is 1. The summed E-state index contributed by atoms with van der Waals surface area (Å²) in [6, 6.07) is 8.32. The van der Waals surface area contributed by atoms with Crippen molar-refractivity contribution in [3.63, 3.8) is 0 Å². The standard InChI is InChI=1S/C15H14N2O3/c18-14(17-9-3-6-13(17)15(19)20)11-7-8-16-12-5-2-1-4-10(11)12/h1-2,4-5,7-8,13H,3,6,9H2,(H,19,20)/t13-/m1/s1. The monoisotopic (exact) mass is 270 g/mol. The van der Waals surface area contributed by atoms with Gasteiger partial charge in [0, 0.05) is 18.1 Å². The fraction of sp³-hybridized carbons (Fsp3) is 0.267. The van der Waals surface area contributed by atoms with Gasteiger partial charge in [-0.15, -0.1) is 0 Å². The number of benzene rings is 1. The highest BCUT2D eigenvalue weighted by Gasteiger charge is 2.34. The minimum absolute atomic E-state index is 0.228. The minimum Gasteiger partial charge on any atom is -0.480 e. The van der Waals surface area contributed by atoms with E-state index in [-0.39, 0.29) is 5.91 Å². The van der Waals surface area contributed by atoms with Gasteiger partial charge in [0.05, 0.1) is 11.1 Å². The van der Waals surface area contributed by atoms with Crippen molar-refractivity contribution >= 4 is 22.8 Å². The third kappa shape index (κ3) is 2.01. The Bertz CT molecular complexity index is 678. The van der Waals surface area contributed by atoms with Crippen LogP contribution in [-0.4, -0.2) is 39.5 Å². The molecule has 1 amide bonds. The molecular formula is C15H14N2O3. The minimum atomic E-state index is -0.936. The second kappa shape index (κ2) is 4.92. The van der Waals surface area contributed by atoms with Crippen molar-refractivity contribution < 1.29 is 14.7 Å². The third-order valence-electron chi connectivity index (χ3n) is 3.68. The Kier molecular flexibility index (Phi) is 3.10. The van der Waals surface area contributed by atoms with Crippen LogP contribution in [0.1, 0.15) is 23.2 Å². The van der Waals surface area contributed by atoms with Crippen LogP contribution < -0.4 is 0 Å². The van der Waals surface area contributed by atoms with Gasteiger partial charge in [-0.1, -0.05) is 18.2 Å². The molecule has 20 heavy (non-hydrogen) atoms. The van der Waals surface area contributed by atoms with Crippen molar-refractivity contribution in [1.29, 1.82) is 0 Å². The molecule has 0 bridgehead atoms. The highest BCUT2D eigenvalue weighted by molar-refractivity contribution is 6.07. The van der Waals surface area contributed by atoms with Crippen LogP contribution in [-0.2, 0) is 4.79 Å². The van der Waals surface area contributed by atoms with E-state index >= 15 is 0 Å². The molecule has 0 spiro atoms. The molecule has 1 N–H and O–H groups in total. The molecule has 0 aliphatic carbocycles. The van der Waals surface area contributed by atoms with E-state index in [2.05, 4.69) is 4.98 Å². The van der Waals surface area contributed by atoms with Crippen LogP contribution in [0.3, 0.4) is 0 Å². The molecule has 1 atom stereocenters. The first kappa shape index (κ1) is 12.6. The molecule has 1 aromatic carbocycles. The number of hydrogen-bond acceptors (Lipinski definition) is 3. The summed E-state index contributed by atoms with van der Waals surface area (Å²) in [6.45, 7) is 0.493. The third-order valence-corrected chi connectivity index (χ3v) is 3.68.